The van der Waals surface area contributed by atoms with Gasteiger partial charge in [0.25, 0.3) is 6.43 Å². The molecule has 0 bridgehead atoms. The van der Waals surface area contributed by atoms with Crippen LogP contribution in [0.15, 0.2) is 4.52 Å². The van der Waals surface area contributed by atoms with Crippen molar-refractivity contribution in [3.05, 3.63) is 17.0 Å². The van der Waals surface area contributed by atoms with Crippen molar-refractivity contribution in [3.8, 4) is 0 Å². The first-order valence-electron chi connectivity index (χ1n) is 5.56. The number of hydrogen-bond acceptors (Lipinski definition) is 4. The maximum Gasteiger partial charge on any atom is 0.265 e. The van der Waals surface area contributed by atoms with Gasteiger partial charge >= 0.3 is 0 Å². The summed E-state index contributed by atoms with van der Waals surface area (Å²) in [5.74, 6) is 0.252. The molecule has 1 unspecified atom stereocenters. The molecule has 18 heavy (non-hydrogen) atoms. The molecular weight excluding hydrogens is 246 g/mol. The van der Waals surface area contributed by atoms with Crippen LogP contribution in [0.5, 0.6) is 0 Å². The lowest BCUT2D eigenvalue weighted by molar-refractivity contribution is -0.122. The Balaban J connectivity index is 2.34. The van der Waals surface area contributed by atoms with Crippen molar-refractivity contribution in [2.75, 3.05) is 6.54 Å². The number of carbonyl (C=O) groups is 1. The second-order valence-electron chi connectivity index (χ2n) is 4.01. The molecule has 0 aliphatic heterocycles. The van der Waals surface area contributed by atoms with Crippen molar-refractivity contribution >= 4 is 5.91 Å². The van der Waals surface area contributed by atoms with Gasteiger partial charge in [0, 0.05) is 18.5 Å². The topological polar surface area (TPSA) is 75.4 Å². The molecule has 0 aromatic carbocycles. The lowest BCUT2D eigenvalue weighted by Crippen LogP contribution is -2.35. The zero-order valence-corrected chi connectivity index (χ0v) is 10.2. The maximum absolute atomic E-state index is 12.0. The molecule has 1 heterocycles. The third kappa shape index (κ3) is 4.06. The molecule has 0 saturated heterocycles. The highest BCUT2D eigenvalue weighted by atomic mass is 19.3. The van der Waals surface area contributed by atoms with Gasteiger partial charge in [-0.3, -0.25) is 4.79 Å². The van der Waals surface area contributed by atoms with Crippen LogP contribution in [0.4, 0.5) is 8.78 Å². The minimum atomic E-state index is -2.85. The van der Waals surface area contributed by atoms with E-state index in [1.54, 1.807) is 13.8 Å². The first kappa shape index (κ1) is 14.6. The van der Waals surface area contributed by atoms with Crippen molar-refractivity contribution < 1.29 is 23.2 Å². The van der Waals surface area contributed by atoms with Crippen LogP contribution in [0.2, 0.25) is 0 Å². The summed E-state index contributed by atoms with van der Waals surface area (Å²) >= 11 is 0. The van der Waals surface area contributed by atoms with Gasteiger partial charge in [0.05, 0.1) is 5.69 Å². The Kier molecular flexibility index (Phi) is 5.21. The van der Waals surface area contributed by atoms with E-state index in [4.69, 9.17) is 9.63 Å². The summed E-state index contributed by atoms with van der Waals surface area (Å²) in [5, 5.41) is 14.8. The first-order chi connectivity index (χ1) is 8.41. The number of rotatable bonds is 6. The van der Waals surface area contributed by atoms with E-state index in [0.29, 0.717) is 17.9 Å². The van der Waals surface area contributed by atoms with Crippen molar-refractivity contribution in [2.45, 2.75) is 39.2 Å². The number of nitrogens with zero attached hydrogens (tertiary/aromatic N) is 1. The van der Waals surface area contributed by atoms with Crippen LogP contribution in [-0.4, -0.2) is 35.2 Å². The standard InChI is InChI=1S/C11H16F2N2O3/c1-6-8(7(2)18-15-6)3-4-10(17)14-5-9(16)11(12)13/h9,11,16H,3-5H2,1-2H3,(H,14,17). The van der Waals surface area contributed by atoms with E-state index in [0.717, 1.165) is 5.56 Å². The zero-order chi connectivity index (χ0) is 13.7. The summed E-state index contributed by atoms with van der Waals surface area (Å²) in [7, 11) is 0. The van der Waals surface area contributed by atoms with Gasteiger partial charge in [-0.2, -0.15) is 0 Å². The monoisotopic (exact) mass is 262 g/mol. The van der Waals surface area contributed by atoms with Crippen LogP contribution < -0.4 is 5.32 Å². The fraction of sp³-hybridized carbons (Fsp3) is 0.636. The minimum absolute atomic E-state index is 0.138. The van der Waals surface area contributed by atoms with E-state index in [-0.39, 0.29) is 6.42 Å². The van der Waals surface area contributed by atoms with Gasteiger partial charge in [-0.15, -0.1) is 0 Å². The van der Waals surface area contributed by atoms with Crippen LogP contribution in [0.1, 0.15) is 23.4 Å². The molecule has 7 heteroatoms. The number of carbonyl (C=O) groups excluding carboxylic acids is 1. The van der Waals surface area contributed by atoms with Gasteiger partial charge < -0.3 is 14.9 Å². The molecule has 0 spiro atoms. The number of aryl methyl sites for hydroxylation is 2. The van der Waals surface area contributed by atoms with Gasteiger partial charge in [-0.05, 0) is 20.3 Å². The van der Waals surface area contributed by atoms with E-state index in [9.17, 15) is 13.6 Å². The molecule has 0 fully saturated rings. The third-order valence-electron chi connectivity index (χ3n) is 2.58. The smallest absolute Gasteiger partial charge is 0.265 e. The summed E-state index contributed by atoms with van der Waals surface area (Å²) < 4.78 is 28.9. The van der Waals surface area contributed by atoms with E-state index in [1.165, 1.54) is 0 Å². The predicted octanol–water partition coefficient (Wildman–Crippen LogP) is 0.966. The molecule has 1 amide bonds. The molecule has 1 aromatic heterocycles. The number of halogens is 2. The van der Waals surface area contributed by atoms with Crippen LogP contribution in [0.25, 0.3) is 0 Å². The number of alkyl halides is 2. The molecule has 1 aromatic rings. The lowest BCUT2D eigenvalue weighted by atomic mass is 10.1. The first-order valence-corrected chi connectivity index (χ1v) is 5.56. The summed E-state index contributed by atoms with van der Waals surface area (Å²) in [6.07, 6.45) is -4.11. The highest BCUT2D eigenvalue weighted by Gasteiger charge is 2.17. The van der Waals surface area contributed by atoms with Crippen molar-refractivity contribution in [2.24, 2.45) is 0 Å². The van der Waals surface area contributed by atoms with E-state index >= 15 is 0 Å². The van der Waals surface area contributed by atoms with Crippen LogP contribution in [0.3, 0.4) is 0 Å². The van der Waals surface area contributed by atoms with Gasteiger partial charge in [0.1, 0.15) is 11.9 Å². The number of aliphatic hydroxyl groups is 1. The van der Waals surface area contributed by atoms with Gasteiger partial charge in [-0.1, -0.05) is 5.16 Å². The van der Waals surface area contributed by atoms with Crippen molar-refractivity contribution in [1.82, 2.24) is 10.5 Å². The number of nitrogens with one attached hydrogen (secondary N) is 1. The Labute approximate surface area is 103 Å². The minimum Gasteiger partial charge on any atom is -0.385 e. The summed E-state index contributed by atoms with van der Waals surface area (Å²) in [6, 6.07) is 0. The van der Waals surface area contributed by atoms with Crippen LogP contribution in [0, 0.1) is 13.8 Å². The largest absolute Gasteiger partial charge is 0.385 e. The molecule has 0 aliphatic rings. The van der Waals surface area contributed by atoms with E-state index in [2.05, 4.69) is 10.5 Å². The Morgan fingerprint density at radius 2 is 2.17 bits per heavy atom. The Bertz CT molecular complexity index is 387. The molecule has 0 saturated carbocycles. The second-order valence-corrected chi connectivity index (χ2v) is 4.01. The Morgan fingerprint density at radius 3 is 2.67 bits per heavy atom. The highest BCUT2D eigenvalue weighted by molar-refractivity contribution is 5.76. The molecule has 2 N–H and O–H groups in total. The highest BCUT2D eigenvalue weighted by Crippen LogP contribution is 2.14. The zero-order valence-electron chi connectivity index (χ0n) is 10.2. The van der Waals surface area contributed by atoms with Crippen molar-refractivity contribution in [3.63, 3.8) is 0 Å². The number of aliphatic hydroxyl groups excluding tert-OH is 1. The van der Waals surface area contributed by atoms with Gasteiger partial charge in [0.15, 0.2) is 0 Å². The summed E-state index contributed by atoms with van der Waals surface area (Å²) in [5.41, 5.74) is 1.56. The summed E-state index contributed by atoms with van der Waals surface area (Å²) in [4.78, 5) is 11.4. The fourth-order valence-electron chi connectivity index (χ4n) is 1.49. The predicted molar refractivity (Wildman–Crippen MR) is 59.3 cm³/mol. The average molecular weight is 262 g/mol. The number of hydrogen-bond donors (Lipinski definition) is 2. The van der Waals surface area contributed by atoms with Crippen LogP contribution >= 0.6 is 0 Å². The lowest BCUT2D eigenvalue weighted by Gasteiger charge is -2.10. The molecule has 102 valence electrons. The maximum atomic E-state index is 12.0. The molecular formula is C11H16F2N2O3. The Hall–Kier alpha value is -1.50. The van der Waals surface area contributed by atoms with E-state index < -0.39 is 25.0 Å². The molecule has 0 aliphatic carbocycles. The quantitative estimate of drug-likeness (QED) is 0.801. The fourth-order valence-corrected chi connectivity index (χ4v) is 1.49. The average Bonchev–Trinajstić information content (AvgIpc) is 2.63. The molecule has 5 nitrogen and oxygen atoms in total. The van der Waals surface area contributed by atoms with Gasteiger partial charge in [-0.25, -0.2) is 8.78 Å². The van der Waals surface area contributed by atoms with Crippen LogP contribution in [-0.2, 0) is 11.2 Å². The number of amides is 1. The molecule has 0 radical (unpaired) electrons. The molecule has 1 atom stereocenters. The Morgan fingerprint density at radius 1 is 1.50 bits per heavy atom. The number of aromatic nitrogens is 1. The van der Waals surface area contributed by atoms with E-state index in [1.807, 2.05) is 0 Å². The van der Waals surface area contributed by atoms with Crippen molar-refractivity contribution in [1.29, 1.82) is 0 Å². The normalized spacial score (nSPS) is 12.8. The van der Waals surface area contributed by atoms with Gasteiger partial charge in [0.2, 0.25) is 5.91 Å². The summed E-state index contributed by atoms with van der Waals surface area (Å²) in [6.45, 7) is 3.07. The second kappa shape index (κ2) is 6.44. The third-order valence-corrected chi connectivity index (χ3v) is 2.58. The molecule has 1 rings (SSSR count). The SMILES string of the molecule is Cc1noc(C)c1CCC(=O)NCC(O)C(F)F.